The smallest absolute Gasteiger partial charge is 0.278 e. The van der Waals surface area contributed by atoms with Crippen LogP contribution in [0.3, 0.4) is 0 Å². The molecule has 2 N–H and O–H groups in total. The normalized spacial score (nSPS) is 16.6. The predicted octanol–water partition coefficient (Wildman–Crippen LogP) is -0.209. The summed E-state index contributed by atoms with van der Waals surface area (Å²) in [5.41, 5.74) is 0.712. The summed E-state index contributed by atoms with van der Waals surface area (Å²) in [5, 5.41) is 0. The first-order valence-corrected chi connectivity index (χ1v) is 5.53. The second-order valence-corrected chi connectivity index (χ2v) is 4.01. The van der Waals surface area contributed by atoms with Crippen LogP contribution in [0.15, 0.2) is 4.79 Å². The number of H-pyrrole nitrogens is 2. The van der Waals surface area contributed by atoms with Crippen LogP contribution in [0.5, 0.6) is 0 Å². The minimum atomic E-state index is -0.183. The van der Waals surface area contributed by atoms with Gasteiger partial charge in [0.05, 0.1) is 13.2 Å². The Kier molecular flexibility index (Phi) is 2.32. The Morgan fingerprint density at radius 2 is 2.00 bits per heavy atom. The average Bonchev–Trinajstić information content (AvgIpc) is 2.71. The highest BCUT2D eigenvalue weighted by atomic mass is 16.5. The molecule has 0 amide bonds. The Morgan fingerprint density at radius 3 is 2.76 bits per heavy atom. The molecule has 0 bridgehead atoms. The zero-order valence-electron chi connectivity index (χ0n) is 9.49. The van der Waals surface area contributed by atoms with Gasteiger partial charge in [-0.3, -0.25) is 9.78 Å². The second kappa shape index (κ2) is 3.85. The van der Waals surface area contributed by atoms with Gasteiger partial charge in [-0.2, -0.15) is 4.98 Å². The van der Waals surface area contributed by atoms with E-state index in [1.54, 1.807) is 6.92 Å². The molecule has 0 atom stereocenters. The molecule has 90 valence electrons. The fraction of sp³-hybridized carbons (Fsp3) is 0.500. The van der Waals surface area contributed by atoms with Gasteiger partial charge in [-0.15, -0.1) is 0 Å². The third kappa shape index (κ3) is 1.78. The molecule has 17 heavy (non-hydrogen) atoms. The van der Waals surface area contributed by atoms with E-state index in [1.165, 1.54) is 0 Å². The maximum Gasteiger partial charge on any atom is 0.278 e. The Morgan fingerprint density at radius 1 is 1.24 bits per heavy atom. The van der Waals surface area contributed by atoms with E-state index < -0.39 is 0 Å². The van der Waals surface area contributed by atoms with E-state index in [9.17, 15) is 4.79 Å². The SMILES string of the molecule is Cc1nc2nc(N3CCOCC3)[nH]c(=O)c2[nH]1. The molecule has 2 aromatic heterocycles. The molecule has 1 aliphatic rings. The molecular weight excluding hydrogens is 222 g/mol. The number of ether oxygens (including phenoxy) is 1. The van der Waals surface area contributed by atoms with Crippen LogP contribution in [0.2, 0.25) is 0 Å². The van der Waals surface area contributed by atoms with E-state index in [1.807, 2.05) is 4.90 Å². The van der Waals surface area contributed by atoms with E-state index >= 15 is 0 Å². The number of aromatic amines is 2. The molecule has 0 unspecified atom stereocenters. The monoisotopic (exact) mass is 235 g/mol. The van der Waals surface area contributed by atoms with Gasteiger partial charge in [-0.05, 0) is 6.92 Å². The lowest BCUT2D eigenvalue weighted by Gasteiger charge is -2.26. The van der Waals surface area contributed by atoms with Crippen molar-refractivity contribution in [2.45, 2.75) is 6.92 Å². The van der Waals surface area contributed by atoms with Crippen LogP contribution in [0, 0.1) is 6.92 Å². The van der Waals surface area contributed by atoms with Crippen molar-refractivity contribution < 1.29 is 4.74 Å². The van der Waals surface area contributed by atoms with Gasteiger partial charge in [0.25, 0.3) is 5.56 Å². The highest BCUT2D eigenvalue weighted by molar-refractivity contribution is 5.70. The van der Waals surface area contributed by atoms with Crippen LogP contribution < -0.4 is 10.5 Å². The van der Waals surface area contributed by atoms with Crippen LogP contribution in [0.1, 0.15) is 5.82 Å². The summed E-state index contributed by atoms with van der Waals surface area (Å²) in [7, 11) is 0. The van der Waals surface area contributed by atoms with Crippen molar-refractivity contribution in [1.29, 1.82) is 0 Å². The van der Waals surface area contributed by atoms with Crippen molar-refractivity contribution in [2.75, 3.05) is 31.2 Å². The summed E-state index contributed by atoms with van der Waals surface area (Å²) in [6.07, 6.45) is 0. The van der Waals surface area contributed by atoms with Crippen LogP contribution in [0.4, 0.5) is 5.95 Å². The highest BCUT2D eigenvalue weighted by Crippen LogP contribution is 2.11. The number of anilines is 1. The van der Waals surface area contributed by atoms with Crippen LogP contribution >= 0.6 is 0 Å². The molecule has 1 fully saturated rings. The second-order valence-electron chi connectivity index (χ2n) is 4.01. The van der Waals surface area contributed by atoms with Crippen molar-refractivity contribution >= 4 is 17.1 Å². The van der Waals surface area contributed by atoms with Crippen LogP contribution in [-0.2, 0) is 4.74 Å². The van der Waals surface area contributed by atoms with E-state index in [-0.39, 0.29) is 5.56 Å². The molecule has 3 heterocycles. The predicted molar refractivity (Wildman–Crippen MR) is 62.3 cm³/mol. The van der Waals surface area contributed by atoms with Gasteiger partial charge in [0.15, 0.2) is 11.2 Å². The van der Waals surface area contributed by atoms with Gasteiger partial charge < -0.3 is 14.6 Å². The summed E-state index contributed by atoms with van der Waals surface area (Å²) >= 11 is 0. The molecule has 2 aromatic rings. The molecular formula is C10H13N5O2. The minimum Gasteiger partial charge on any atom is -0.378 e. The lowest BCUT2D eigenvalue weighted by Crippen LogP contribution is -2.38. The minimum absolute atomic E-state index is 0.183. The molecule has 0 spiro atoms. The number of nitrogens with zero attached hydrogens (tertiary/aromatic N) is 3. The maximum atomic E-state index is 11.8. The molecule has 1 aliphatic heterocycles. The van der Waals surface area contributed by atoms with E-state index in [0.29, 0.717) is 36.2 Å². The number of rotatable bonds is 1. The largest absolute Gasteiger partial charge is 0.378 e. The molecule has 0 aliphatic carbocycles. The Labute approximate surface area is 96.8 Å². The number of aryl methyl sites for hydroxylation is 1. The van der Waals surface area contributed by atoms with E-state index in [4.69, 9.17) is 4.74 Å². The van der Waals surface area contributed by atoms with Gasteiger partial charge in [-0.1, -0.05) is 0 Å². The number of nitrogens with one attached hydrogen (secondary N) is 2. The third-order valence-corrected chi connectivity index (χ3v) is 2.78. The number of fused-ring (bicyclic) bond motifs is 1. The summed E-state index contributed by atoms with van der Waals surface area (Å²) in [6.45, 7) is 4.58. The Bertz CT molecular complexity index is 596. The molecule has 0 aromatic carbocycles. The van der Waals surface area contributed by atoms with Crippen molar-refractivity contribution in [3.63, 3.8) is 0 Å². The Hall–Kier alpha value is -1.89. The van der Waals surface area contributed by atoms with Crippen molar-refractivity contribution in [3.05, 3.63) is 16.2 Å². The number of hydrogen-bond donors (Lipinski definition) is 2. The van der Waals surface area contributed by atoms with Gasteiger partial charge in [0.2, 0.25) is 5.95 Å². The average molecular weight is 235 g/mol. The number of hydrogen-bond acceptors (Lipinski definition) is 5. The van der Waals surface area contributed by atoms with E-state index in [2.05, 4.69) is 19.9 Å². The first-order valence-electron chi connectivity index (χ1n) is 5.53. The van der Waals surface area contributed by atoms with Crippen molar-refractivity contribution in [2.24, 2.45) is 0 Å². The highest BCUT2D eigenvalue weighted by Gasteiger charge is 2.15. The van der Waals surface area contributed by atoms with Crippen molar-refractivity contribution in [3.8, 4) is 0 Å². The zero-order valence-corrected chi connectivity index (χ0v) is 9.49. The standard InChI is InChI=1S/C10H13N5O2/c1-6-11-7-8(12-6)13-10(14-9(7)16)15-2-4-17-5-3-15/h2-5H2,1H3,(H2,11,12,13,14,16). The van der Waals surface area contributed by atoms with Gasteiger partial charge >= 0.3 is 0 Å². The van der Waals surface area contributed by atoms with Gasteiger partial charge in [-0.25, -0.2) is 4.98 Å². The third-order valence-electron chi connectivity index (χ3n) is 2.78. The number of morpholine rings is 1. The summed E-state index contributed by atoms with van der Waals surface area (Å²) < 4.78 is 5.26. The molecule has 3 rings (SSSR count). The first-order chi connectivity index (χ1) is 8.24. The fourth-order valence-corrected chi connectivity index (χ4v) is 1.94. The molecule has 1 saturated heterocycles. The summed E-state index contributed by atoms with van der Waals surface area (Å²) in [4.78, 5) is 28.0. The molecule has 7 nitrogen and oxygen atoms in total. The van der Waals surface area contributed by atoms with Crippen LogP contribution in [0.25, 0.3) is 11.2 Å². The zero-order chi connectivity index (χ0) is 11.8. The number of imidazole rings is 1. The topological polar surface area (TPSA) is 86.9 Å². The summed E-state index contributed by atoms with van der Waals surface area (Å²) in [5.74, 6) is 1.26. The molecule has 0 radical (unpaired) electrons. The van der Waals surface area contributed by atoms with Gasteiger partial charge in [0, 0.05) is 13.1 Å². The van der Waals surface area contributed by atoms with Gasteiger partial charge in [0.1, 0.15) is 5.82 Å². The van der Waals surface area contributed by atoms with Crippen LogP contribution in [-0.4, -0.2) is 46.2 Å². The van der Waals surface area contributed by atoms with E-state index in [0.717, 1.165) is 13.1 Å². The lowest BCUT2D eigenvalue weighted by atomic mass is 10.4. The number of aromatic nitrogens is 4. The summed E-state index contributed by atoms with van der Waals surface area (Å²) in [6, 6.07) is 0. The molecule has 7 heteroatoms. The quantitative estimate of drug-likeness (QED) is 0.714. The van der Waals surface area contributed by atoms with Crippen molar-refractivity contribution in [1.82, 2.24) is 19.9 Å². The molecule has 0 saturated carbocycles. The maximum absolute atomic E-state index is 11.8. The first kappa shape index (κ1) is 10.3. The Balaban J connectivity index is 2.08. The lowest BCUT2D eigenvalue weighted by molar-refractivity contribution is 0.122. The fourth-order valence-electron chi connectivity index (χ4n) is 1.94.